The van der Waals surface area contributed by atoms with Crippen molar-refractivity contribution in [3.63, 3.8) is 0 Å². The van der Waals surface area contributed by atoms with E-state index in [0.717, 1.165) is 17.7 Å². The first-order valence-electron chi connectivity index (χ1n) is 7.61. The molecular formula is C16H18Cl2N4OS. The van der Waals surface area contributed by atoms with Gasteiger partial charge in [0.15, 0.2) is 5.16 Å². The predicted octanol–water partition coefficient (Wildman–Crippen LogP) is 3.82. The first-order chi connectivity index (χ1) is 11.4. The van der Waals surface area contributed by atoms with E-state index in [1.807, 2.05) is 24.0 Å². The summed E-state index contributed by atoms with van der Waals surface area (Å²) in [7, 11) is 0. The highest BCUT2D eigenvalue weighted by Gasteiger charge is 2.29. The number of amides is 1. The first kappa shape index (κ1) is 17.6. The number of aromatic nitrogens is 2. The number of carbonyl (C=O) groups excluding carboxylic acids is 1. The normalized spacial score (nSPS) is 17.1. The zero-order valence-corrected chi connectivity index (χ0v) is 15.5. The number of aromatic amines is 1. The fourth-order valence-corrected chi connectivity index (χ4v) is 3.81. The molecule has 5 nitrogen and oxygen atoms in total. The van der Waals surface area contributed by atoms with Gasteiger partial charge in [0.1, 0.15) is 5.69 Å². The Morgan fingerprint density at radius 1 is 1.38 bits per heavy atom. The van der Waals surface area contributed by atoms with E-state index >= 15 is 0 Å². The van der Waals surface area contributed by atoms with Gasteiger partial charge in [-0.3, -0.25) is 4.79 Å². The van der Waals surface area contributed by atoms with Gasteiger partial charge in [0.2, 0.25) is 0 Å². The van der Waals surface area contributed by atoms with Gasteiger partial charge in [-0.05, 0) is 31.9 Å². The van der Waals surface area contributed by atoms with Crippen LogP contribution in [-0.2, 0) is 0 Å². The Balaban J connectivity index is 1.69. The molecule has 1 aromatic carbocycles. The number of hydrogen-bond acceptors (Lipinski definition) is 4. The van der Waals surface area contributed by atoms with Gasteiger partial charge in [0.25, 0.3) is 5.91 Å². The van der Waals surface area contributed by atoms with E-state index in [9.17, 15) is 4.79 Å². The number of carbonyl (C=O) groups is 1. The summed E-state index contributed by atoms with van der Waals surface area (Å²) in [5.41, 5.74) is 6.39. The van der Waals surface area contributed by atoms with Gasteiger partial charge in [-0.15, -0.1) is 0 Å². The molecule has 2 aromatic rings. The van der Waals surface area contributed by atoms with Gasteiger partial charge in [-0.25, -0.2) is 4.98 Å². The van der Waals surface area contributed by atoms with Crippen LogP contribution in [0.25, 0.3) is 0 Å². The fraction of sp³-hybridized carbons (Fsp3) is 0.375. The molecule has 1 aliphatic heterocycles. The molecule has 3 rings (SSSR count). The van der Waals surface area contributed by atoms with Crippen LogP contribution in [0.3, 0.4) is 0 Å². The van der Waals surface area contributed by atoms with E-state index in [0.29, 0.717) is 34.0 Å². The number of imidazole rings is 1. The lowest BCUT2D eigenvalue weighted by Gasteiger charge is -2.36. The molecular weight excluding hydrogens is 367 g/mol. The highest BCUT2D eigenvalue weighted by atomic mass is 35.5. The minimum absolute atomic E-state index is 0.0537. The molecule has 0 saturated carbocycles. The molecule has 8 heteroatoms. The Bertz CT molecular complexity index is 752. The summed E-state index contributed by atoms with van der Waals surface area (Å²) in [5.74, 6) is -0.0537. The molecule has 1 amide bonds. The van der Waals surface area contributed by atoms with E-state index < -0.39 is 0 Å². The second kappa shape index (κ2) is 6.96. The van der Waals surface area contributed by atoms with Crippen molar-refractivity contribution in [1.82, 2.24) is 14.9 Å². The van der Waals surface area contributed by atoms with Gasteiger partial charge < -0.3 is 15.6 Å². The maximum atomic E-state index is 12.6. The van der Waals surface area contributed by atoms with Crippen LogP contribution in [0.15, 0.2) is 34.4 Å². The van der Waals surface area contributed by atoms with Crippen molar-refractivity contribution in [2.45, 2.75) is 35.4 Å². The first-order valence-corrected chi connectivity index (χ1v) is 9.18. The van der Waals surface area contributed by atoms with Crippen LogP contribution in [-0.4, -0.2) is 39.4 Å². The maximum absolute atomic E-state index is 12.6. The zero-order chi connectivity index (χ0) is 17.3. The van der Waals surface area contributed by atoms with Crippen LogP contribution >= 0.6 is 35.0 Å². The number of likely N-dealkylation sites (tertiary alicyclic amines) is 1. The van der Waals surface area contributed by atoms with Crippen molar-refractivity contribution in [2.75, 3.05) is 13.1 Å². The molecule has 3 N–H and O–H groups in total. The standard InChI is InChI=1S/C16H18Cl2N4OS/c1-16(19)5-7-22(8-6-16)14(23)11-9-20-15(21-11)24-12-4-2-3-10(17)13(12)18/h2-4,9H,5-8,19H2,1H3,(H,20,21). The van der Waals surface area contributed by atoms with Crippen LogP contribution in [0.2, 0.25) is 10.0 Å². The molecule has 1 saturated heterocycles. The lowest BCUT2D eigenvalue weighted by molar-refractivity contribution is 0.0675. The summed E-state index contributed by atoms with van der Waals surface area (Å²) in [4.78, 5) is 22.5. The van der Waals surface area contributed by atoms with Crippen molar-refractivity contribution in [3.8, 4) is 0 Å². The quantitative estimate of drug-likeness (QED) is 0.842. The average molecular weight is 385 g/mol. The summed E-state index contributed by atoms with van der Waals surface area (Å²) >= 11 is 13.5. The monoisotopic (exact) mass is 384 g/mol. The van der Waals surface area contributed by atoms with E-state index in [4.69, 9.17) is 28.9 Å². The van der Waals surface area contributed by atoms with E-state index in [1.165, 1.54) is 11.8 Å². The smallest absolute Gasteiger partial charge is 0.271 e. The maximum Gasteiger partial charge on any atom is 0.271 e. The lowest BCUT2D eigenvalue weighted by Crippen LogP contribution is -2.49. The number of hydrogen-bond donors (Lipinski definition) is 2. The van der Waals surface area contributed by atoms with Gasteiger partial charge in [0.05, 0.1) is 16.2 Å². The van der Waals surface area contributed by atoms with E-state index in [1.54, 1.807) is 12.3 Å². The molecule has 1 fully saturated rings. The predicted molar refractivity (Wildman–Crippen MR) is 96.9 cm³/mol. The van der Waals surface area contributed by atoms with Gasteiger partial charge >= 0.3 is 0 Å². The highest BCUT2D eigenvalue weighted by Crippen LogP contribution is 2.35. The van der Waals surface area contributed by atoms with Crippen LogP contribution in [0.4, 0.5) is 0 Å². The molecule has 1 aromatic heterocycles. The van der Waals surface area contributed by atoms with Gasteiger partial charge in [-0.2, -0.15) is 0 Å². The average Bonchev–Trinajstić information content (AvgIpc) is 3.00. The van der Waals surface area contributed by atoms with Gasteiger partial charge in [-0.1, -0.05) is 41.0 Å². The van der Waals surface area contributed by atoms with Gasteiger partial charge in [0, 0.05) is 23.5 Å². The minimum Gasteiger partial charge on any atom is -0.337 e. The number of nitrogens with zero attached hydrogens (tertiary/aromatic N) is 2. The van der Waals surface area contributed by atoms with Crippen LogP contribution in [0, 0.1) is 0 Å². The van der Waals surface area contributed by atoms with Crippen LogP contribution < -0.4 is 5.73 Å². The molecule has 0 aliphatic carbocycles. The Morgan fingerprint density at radius 3 is 2.79 bits per heavy atom. The second-order valence-electron chi connectivity index (χ2n) is 6.20. The summed E-state index contributed by atoms with van der Waals surface area (Å²) in [6, 6.07) is 5.41. The number of H-pyrrole nitrogens is 1. The Morgan fingerprint density at radius 2 is 2.08 bits per heavy atom. The molecule has 128 valence electrons. The fourth-order valence-electron chi connectivity index (χ4n) is 2.52. The number of benzene rings is 1. The second-order valence-corrected chi connectivity index (χ2v) is 8.02. The third-order valence-corrected chi connectivity index (χ3v) is 5.99. The number of piperidine rings is 1. The molecule has 0 radical (unpaired) electrons. The molecule has 1 aliphatic rings. The van der Waals surface area contributed by atoms with Crippen LogP contribution in [0.5, 0.6) is 0 Å². The van der Waals surface area contributed by atoms with E-state index in [-0.39, 0.29) is 11.4 Å². The summed E-state index contributed by atoms with van der Waals surface area (Å²) in [5, 5.41) is 1.57. The van der Waals surface area contributed by atoms with Crippen molar-refractivity contribution >= 4 is 40.9 Å². The van der Waals surface area contributed by atoms with Crippen LogP contribution in [0.1, 0.15) is 30.3 Å². The molecule has 0 spiro atoms. The zero-order valence-electron chi connectivity index (χ0n) is 13.2. The van der Waals surface area contributed by atoms with Crippen molar-refractivity contribution < 1.29 is 4.79 Å². The number of halogens is 2. The Hall–Kier alpha value is -1.21. The summed E-state index contributed by atoms with van der Waals surface area (Å²) in [6.07, 6.45) is 3.15. The molecule has 2 heterocycles. The van der Waals surface area contributed by atoms with Crippen molar-refractivity contribution in [3.05, 3.63) is 40.1 Å². The van der Waals surface area contributed by atoms with Crippen molar-refractivity contribution in [1.29, 1.82) is 0 Å². The lowest BCUT2D eigenvalue weighted by atomic mass is 9.91. The number of nitrogens with two attached hydrogens (primary N) is 1. The van der Waals surface area contributed by atoms with Crippen molar-refractivity contribution in [2.24, 2.45) is 5.73 Å². The number of nitrogens with one attached hydrogen (secondary N) is 1. The third-order valence-electron chi connectivity index (χ3n) is 4.10. The SMILES string of the molecule is CC1(N)CCN(C(=O)c2cnc(Sc3cccc(Cl)c3Cl)[nH]2)CC1. The Kier molecular flexibility index (Phi) is 5.11. The Labute approximate surface area is 154 Å². The molecule has 0 unspecified atom stereocenters. The summed E-state index contributed by atoms with van der Waals surface area (Å²) in [6.45, 7) is 3.34. The number of rotatable bonds is 3. The third kappa shape index (κ3) is 3.88. The molecule has 0 bridgehead atoms. The van der Waals surface area contributed by atoms with E-state index in [2.05, 4.69) is 9.97 Å². The largest absolute Gasteiger partial charge is 0.337 e. The minimum atomic E-state index is -0.185. The topological polar surface area (TPSA) is 75.0 Å². The summed E-state index contributed by atoms with van der Waals surface area (Å²) < 4.78 is 0. The molecule has 0 atom stereocenters. The molecule has 24 heavy (non-hydrogen) atoms. The highest BCUT2D eigenvalue weighted by molar-refractivity contribution is 7.99.